The van der Waals surface area contributed by atoms with Crippen LogP contribution in [0.3, 0.4) is 0 Å². The highest BCUT2D eigenvalue weighted by atomic mass is 19.1. The van der Waals surface area contributed by atoms with Crippen LogP contribution in [0.2, 0.25) is 0 Å². The molecule has 0 aromatic heterocycles. The van der Waals surface area contributed by atoms with E-state index >= 15 is 0 Å². The molecule has 0 radical (unpaired) electrons. The van der Waals surface area contributed by atoms with E-state index in [9.17, 15) is 8.78 Å². The molecule has 2 rings (SSSR count). The lowest BCUT2D eigenvalue weighted by molar-refractivity contribution is -0.105. The van der Waals surface area contributed by atoms with Gasteiger partial charge < -0.3 is 14.8 Å². The summed E-state index contributed by atoms with van der Waals surface area (Å²) in [6.07, 6.45) is 1.43. The molecule has 1 saturated carbocycles. The average Bonchev–Trinajstić information content (AvgIpc) is 2.43. The summed E-state index contributed by atoms with van der Waals surface area (Å²) >= 11 is 0. The number of halogens is 2. The molecule has 0 bridgehead atoms. The van der Waals surface area contributed by atoms with Crippen molar-refractivity contribution < 1.29 is 18.3 Å². The lowest BCUT2D eigenvalue weighted by Crippen LogP contribution is -2.61. The second-order valence-corrected chi connectivity index (χ2v) is 4.95. The van der Waals surface area contributed by atoms with Crippen molar-refractivity contribution in [3.8, 4) is 5.75 Å². The van der Waals surface area contributed by atoms with Crippen LogP contribution < -0.4 is 10.1 Å². The Kier molecular flexibility index (Phi) is 5.31. The van der Waals surface area contributed by atoms with Crippen LogP contribution in [0.1, 0.15) is 26.7 Å². The van der Waals surface area contributed by atoms with Crippen LogP contribution in [0.4, 0.5) is 8.78 Å². The normalized spacial score (nSPS) is 25.3. The van der Waals surface area contributed by atoms with Gasteiger partial charge in [0.15, 0.2) is 11.6 Å². The lowest BCUT2D eigenvalue weighted by atomic mass is 9.85. The summed E-state index contributed by atoms with van der Waals surface area (Å²) in [5, 5.41) is 3.37. The zero-order chi connectivity index (χ0) is 14.5. The Balaban J connectivity index is 1.97. The second-order valence-electron chi connectivity index (χ2n) is 4.95. The molecule has 0 saturated heterocycles. The Hall–Kier alpha value is -1.20. The smallest absolute Gasteiger partial charge is 0.165 e. The van der Waals surface area contributed by atoms with E-state index in [-0.39, 0.29) is 24.0 Å². The molecule has 112 valence electrons. The van der Waals surface area contributed by atoms with E-state index in [2.05, 4.69) is 12.2 Å². The molecule has 1 aliphatic rings. The first-order valence-corrected chi connectivity index (χ1v) is 7.12. The van der Waals surface area contributed by atoms with Crippen molar-refractivity contribution in [2.45, 2.75) is 44.9 Å². The lowest BCUT2D eigenvalue weighted by Gasteiger charge is -2.44. The highest BCUT2D eigenvalue weighted by Gasteiger charge is 2.43. The molecule has 3 atom stereocenters. The number of hydrogen-bond acceptors (Lipinski definition) is 3. The predicted molar refractivity (Wildman–Crippen MR) is 72.9 cm³/mol. The monoisotopic (exact) mass is 285 g/mol. The predicted octanol–water partition coefficient (Wildman–Crippen LogP) is 2.89. The fourth-order valence-electron chi connectivity index (χ4n) is 2.37. The van der Waals surface area contributed by atoms with Gasteiger partial charge in [-0.1, -0.05) is 6.92 Å². The zero-order valence-corrected chi connectivity index (χ0v) is 11.9. The number of benzene rings is 1. The van der Waals surface area contributed by atoms with Crippen LogP contribution in [-0.4, -0.2) is 31.4 Å². The molecule has 3 nitrogen and oxygen atoms in total. The van der Waals surface area contributed by atoms with Gasteiger partial charge in [-0.3, -0.25) is 0 Å². The third-order valence-corrected chi connectivity index (χ3v) is 3.44. The highest BCUT2D eigenvalue weighted by molar-refractivity contribution is 5.26. The van der Waals surface area contributed by atoms with Gasteiger partial charge in [-0.15, -0.1) is 0 Å². The molecule has 20 heavy (non-hydrogen) atoms. The van der Waals surface area contributed by atoms with Crippen molar-refractivity contribution in [1.29, 1.82) is 0 Å². The summed E-state index contributed by atoms with van der Waals surface area (Å²) in [7, 11) is 0. The van der Waals surface area contributed by atoms with Crippen molar-refractivity contribution in [3.05, 3.63) is 29.8 Å². The van der Waals surface area contributed by atoms with E-state index in [4.69, 9.17) is 9.47 Å². The third kappa shape index (κ3) is 3.46. The maximum atomic E-state index is 13.6. The minimum atomic E-state index is -0.549. The molecule has 0 heterocycles. The summed E-state index contributed by atoms with van der Waals surface area (Å²) in [6, 6.07) is 3.45. The molecule has 1 aromatic rings. The van der Waals surface area contributed by atoms with E-state index in [0.717, 1.165) is 37.6 Å². The Labute approximate surface area is 118 Å². The summed E-state index contributed by atoms with van der Waals surface area (Å²) in [5.41, 5.74) is 0. The van der Waals surface area contributed by atoms with Gasteiger partial charge in [0.25, 0.3) is 0 Å². The molecular formula is C15H21F2NO2. The summed E-state index contributed by atoms with van der Waals surface area (Å²) in [4.78, 5) is 0. The van der Waals surface area contributed by atoms with Crippen molar-refractivity contribution in [3.63, 3.8) is 0 Å². The van der Waals surface area contributed by atoms with Gasteiger partial charge in [0.1, 0.15) is 18.0 Å². The third-order valence-electron chi connectivity index (χ3n) is 3.44. The fourth-order valence-corrected chi connectivity index (χ4v) is 2.37. The van der Waals surface area contributed by atoms with Crippen LogP contribution in [0, 0.1) is 11.6 Å². The first-order valence-electron chi connectivity index (χ1n) is 7.12. The quantitative estimate of drug-likeness (QED) is 0.835. The van der Waals surface area contributed by atoms with Crippen molar-refractivity contribution in [2.24, 2.45) is 0 Å². The Morgan fingerprint density at radius 1 is 1.30 bits per heavy atom. The minimum absolute atomic E-state index is 0.0476. The van der Waals surface area contributed by atoms with Gasteiger partial charge in [0.05, 0.1) is 0 Å². The first kappa shape index (κ1) is 15.2. The maximum absolute atomic E-state index is 13.6. The van der Waals surface area contributed by atoms with Gasteiger partial charge in [0.2, 0.25) is 0 Å². The van der Waals surface area contributed by atoms with E-state index in [0.29, 0.717) is 6.61 Å². The van der Waals surface area contributed by atoms with Crippen LogP contribution in [-0.2, 0) is 4.74 Å². The van der Waals surface area contributed by atoms with E-state index in [1.165, 1.54) is 0 Å². The number of rotatable bonds is 7. The summed E-state index contributed by atoms with van der Waals surface area (Å²) in [5.74, 6) is -1.10. The van der Waals surface area contributed by atoms with Crippen molar-refractivity contribution in [1.82, 2.24) is 5.32 Å². The highest BCUT2D eigenvalue weighted by Crippen LogP contribution is 2.30. The Morgan fingerprint density at radius 3 is 2.80 bits per heavy atom. The molecular weight excluding hydrogens is 264 g/mol. The standard InChI is InChI=1S/C15H21F2NO2/c1-3-7-18-12-9-14(15(12)19-4-2)20-13-8-10(16)5-6-11(13)17/h5-6,8,12,14-15,18H,3-4,7,9H2,1-2H3. The molecule has 1 aliphatic carbocycles. The van der Waals surface area contributed by atoms with Gasteiger partial charge in [-0.25, -0.2) is 8.78 Å². The molecule has 5 heteroatoms. The average molecular weight is 285 g/mol. The molecule has 1 aromatic carbocycles. The SMILES string of the molecule is CCCNC1CC(Oc2cc(F)ccc2F)C1OCC. The molecule has 1 N–H and O–H groups in total. The van der Waals surface area contributed by atoms with Gasteiger partial charge in [-0.2, -0.15) is 0 Å². The number of nitrogens with one attached hydrogen (secondary N) is 1. The number of ether oxygens (including phenoxy) is 2. The molecule has 0 amide bonds. The van der Waals surface area contributed by atoms with Crippen LogP contribution in [0.25, 0.3) is 0 Å². The molecule has 1 fully saturated rings. The zero-order valence-electron chi connectivity index (χ0n) is 11.9. The minimum Gasteiger partial charge on any atom is -0.484 e. The topological polar surface area (TPSA) is 30.5 Å². The van der Waals surface area contributed by atoms with Gasteiger partial charge in [0, 0.05) is 25.1 Å². The summed E-state index contributed by atoms with van der Waals surface area (Å²) in [6.45, 7) is 5.49. The van der Waals surface area contributed by atoms with Crippen LogP contribution in [0.15, 0.2) is 18.2 Å². The Morgan fingerprint density at radius 2 is 2.10 bits per heavy atom. The Bertz CT molecular complexity index is 442. The van der Waals surface area contributed by atoms with Gasteiger partial charge >= 0.3 is 0 Å². The first-order chi connectivity index (χ1) is 9.65. The molecule has 3 unspecified atom stereocenters. The number of hydrogen-bond donors (Lipinski definition) is 1. The van der Waals surface area contributed by atoms with Crippen molar-refractivity contribution in [2.75, 3.05) is 13.2 Å². The van der Waals surface area contributed by atoms with E-state index in [1.54, 1.807) is 0 Å². The van der Waals surface area contributed by atoms with E-state index in [1.807, 2.05) is 6.92 Å². The van der Waals surface area contributed by atoms with Crippen molar-refractivity contribution >= 4 is 0 Å². The van der Waals surface area contributed by atoms with E-state index < -0.39 is 11.6 Å². The maximum Gasteiger partial charge on any atom is 0.165 e. The second kappa shape index (κ2) is 6.99. The largest absolute Gasteiger partial charge is 0.484 e. The van der Waals surface area contributed by atoms with Crippen LogP contribution >= 0.6 is 0 Å². The summed E-state index contributed by atoms with van der Waals surface area (Å²) < 4.78 is 37.9. The molecule has 0 spiro atoms. The fraction of sp³-hybridized carbons (Fsp3) is 0.600. The van der Waals surface area contributed by atoms with Crippen LogP contribution in [0.5, 0.6) is 5.75 Å². The van der Waals surface area contributed by atoms with Gasteiger partial charge in [-0.05, 0) is 32.0 Å². The molecule has 0 aliphatic heterocycles.